The van der Waals surface area contributed by atoms with Crippen LogP contribution in [-0.4, -0.2) is 91.9 Å². The van der Waals surface area contributed by atoms with Crippen LogP contribution in [0.5, 0.6) is 11.6 Å². The van der Waals surface area contributed by atoms with Crippen LogP contribution in [0.25, 0.3) is 0 Å². The molecular weight excluding hydrogens is 474 g/mol. The Balaban J connectivity index is 1.54. The van der Waals surface area contributed by atoms with E-state index >= 15 is 0 Å². The van der Waals surface area contributed by atoms with E-state index in [4.69, 9.17) is 30.5 Å². The first-order valence-corrected chi connectivity index (χ1v) is 11.9. The van der Waals surface area contributed by atoms with Crippen LogP contribution in [0.3, 0.4) is 0 Å². The first-order chi connectivity index (χ1) is 16.9. The van der Waals surface area contributed by atoms with Gasteiger partial charge in [0.2, 0.25) is 11.8 Å². The van der Waals surface area contributed by atoms with E-state index in [0.29, 0.717) is 55.1 Å². The van der Waals surface area contributed by atoms with Crippen molar-refractivity contribution in [2.45, 2.75) is 18.9 Å². The van der Waals surface area contributed by atoms with Crippen LogP contribution in [0.15, 0.2) is 36.5 Å². The van der Waals surface area contributed by atoms with E-state index in [1.165, 1.54) is 13.3 Å². The summed E-state index contributed by atoms with van der Waals surface area (Å²) in [6.07, 6.45) is 1.62. The van der Waals surface area contributed by atoms with Crippen molar-refractivity contribution in [3.05, 3.63) is 52.7 Å². The SMILES string of the molecule is COc1cc(C(=O)N2CCOC(COc3ccc(Cl)c(C)c3)(CC(=O)N3CCOCC3)C2)ccn1. The number of methoxy groups -OCH3 is 1. The van der Waals surface area contributed by atoms with E-state index in [2.05, 4.69) is 4.98 Å². The highest BCUT2D eigenvalue weighted by atomic mass is 35.5. The molecule has 0 N–H and O–H groups in total. The molecule has 35 heavy (non-hydrogen) atoms. The third-order valence-corrected chi connectivity index (χ3v) is 6.62. The van der Waals surface area contributed by atoms with Crippen molar-refractivity contribution < 1.29 is 28.5 Å². The van der Waals surface area contributed by atoms with Gasteiger partial charge in [0, 0.05) is 42.5 Å². The molecule has 188 valence electrons. The van der Waals surface area contributed by atoms with Gasteiger partial charge < -0.3 is 28.7 Å². The van der Waals surface area contributed by atoms with Crippen LogP contribution in [0.4, 0.5) is 0 Å². The molecule has 0 aliphatic carbocycles. The number of hydrogen-bond donors (Lipinski definition) is 0. The lowest BCUT2D eigenvalue weighted by Gasteiger charge is -2.43. The van der Waals surface area contributed by atoms with Gasteiger partial charge in [0.05, 0.1) is 39.9 Å². The summed E-state index contributed by atoms with van der Waals surface area (Å²) < 4.78 is 22.8. The number of rotatable bonds is 7. The summed E-state index contributed by atoms with van der Waals surface area (Å²) in [5.41, 5.74) is 0.338. The van der Waals surface area contributed by atoms with Crippen LogP contribution in [-0.2, 0) is 14.3 Å². The average molecular weight is 504 g/mol. The van der Waals surface area contributed by atoms with Crippen molar-refractivity contribution in [1.29, 1.82) is 0 Å². The van der Waals surface area contributed by atoms with Gasteiger partial charge in [-0.1, -0.05) is 11.6 Å². The number of aromatic nitrogens is 1. The lowest BCUT2D eigenvalue weighted by molar-refractivity contribution is -0.155. The van der Waals surface area contributed by atoms with Crippen LogP contribution >= 0.6 is 11.6 Å². The summed E-state index contributed by atoms with van der Waals surface area (Å²) in [4.78, 5) is 34.1. The van der Waals surface area contributed by atoms with Gasteiger partial charge in [-0.15, -0.1) is 0 Å². The molecule has 2 saturated heterocycles. The molecular formula is C25H30ClN3O6. The molecule has 3 heterocycles. The second-order valence-corrected chi connectivity index (χ2v) is 9.12. The first-order valence-electron chi connectivity index (χ1n) is 11.6. The van der Waals surface area contributed by atoms with Gasteiger partial charge in [-0.25, -0.2) is 4.98 Å². The molecule has 2 amide bonds. The van der Waals surface area contributed by atoms with Crippen molar-refractivity contribution in [3.63, 3.8) is 0 Å². The molecule has 0 saturated carbocycles. The van der Waals surface area contributed by atoms with E-state index in [9.17, 15) is 9.59 Å². The summed E-state index contributed by atoms with van der Waals surface area (Å²) in [6.45, 7) is 4.98. The van der Waals surface area contributed by atoms with Gasteiger partial charge in [-0.3, -0.25) is 9.59 Å². The van der Waals surface area contributed by atoms with Crippen molar-refractivity contribution in [1.82, 2.24) is 14.8 Å². The van der Waals surface area contributed by atoms with E-state index in [-0.39, 0.29) is 38.0 Å². The van der Waals surface area contributed by atoms with E-state index in [0.717, 1.165) is 5.56 Å². The fourth-order valence-electron chi connectivity index (χ4n) is 4.22. The van der Waals surface area contributed by atoms with Gasteiger partial charge in [0.25, 0.3) is 5.91 Å². The largest absolute Gasteiger partial charge is 0.490 e. The number of hydrogen-bond acceptors (Lipinski definition) is 7. The predicted molar refractivity (Wildman–Crippen MR) is 129 cm³/mol. The number of benzene rings is 1. The minimum absolute atomic E-state index is 0.0518. The number of morpholine rings is 2. The molecule has 4 rings (SSSR count). The molecule has 9 nitrogen and oxygen atoms in total. The third kappa shape index (κ3) is 6.22. The Hall–Kier alpha value is -2.88. The van der Waals surface area contributed by atoms with Gasteiger partial charge in [-0.05, 0) is 36.8 Å². The van der Waals surface area contributed by atoms with Gasteiger partial charge >= 0.3 is 0 Å². The summed E-state index contributed by atoms with van der Waals surface area (Å²) in [5.74, 6) is 0.749. The molecule has 0 spiro atoms. The number of pyridine rings is 1. The number of amides is 2. The number of nitrogens with zero attached hydrogens (tertiary/aromatic N) is 3. The van der Waals surface area contributed by atoms with Crippen molar-refractivity contribution in [2.24, 2.45) is 0 Å². The summed E-state index contributed by atoms with van der Waals surface area (Å²) in [6, 6.07) is 8.64. The van der Waals surface area contributed by atoms with Crippen LogP contribution in [0.1, 0.15) is 22.3 Å². The Morgan fingerprint density at radius 2 is 1.89 bits per heavy atom. The first kappa shape index (κ1) is 25.2. The Morgan fingerprint density at radius 3 is 2.63 bits per heavy atom. The Bertz CT molecular complexity index is 1060. The molecule has 2 aromatic rings. The lowest BCUT2D eigenvalue weighted by Crippen LogP contribution is -2.58. The zero-order valence-corrected chi connectivity index (χ0v) is 20.8. The standard InChI is InChI=1S/C25H30ClN3O6/c1-18-13-20(3-4-21(18)26)34-17-25(15-23(30)28-7-10-33-11-8-28)16-29(9-12-35-25)24(31)19-5-6-27-22(14-19)32-2/h3-6,13-14H,7-12,15-17H2,1-2H3. The number of ether oxygens (including phenoxy) is 4. The topological polar surface area (TPSA) is 90.4 Å². The zero-order chi connectivity index (χ0) is 24.8. The molecule has 1 unspecified atom stereocenters. The lowest BCUT2D eigenvalue weighted by atomic mass is 9.96. The maximum absolute atomic E-state index is 13.3. The summed E-state index contributed by atoms with van der Waals surface area (Å²) in [7, 11) is 1.50. The zero-order valence-electron chi connectivity index (χ0n) is 20.0. The van der Waals surface area contributed by atoms with Crippen molar-refractivity contribution >= 4 is 23.4 Å². The molecule has 2 aliphatic heterocycles. The fraction of sp³-hybridized carbons (Fsp3) is 0.480. The van der Waals surface area contributed by atoms with Crippen molar-refractivity contribution in [3.8, 4) is 11.6 Å². The Kier molecular flexibility index (Phi) is 8.10. The summed E-state index contributed by atoms with van der Waals surface area (Å²) >= 11 is 6.15. The van der Waals surface area contributed by atoms with Crippen LogP contribution < -0.4 is 9.47 Å². The number of carbonyl (C=O) groups is 2. The highest BCUT2D eigenvalue weighted by Crippen LogP contribution is 2.28. The number of carbonyl (C=O) groups excluding carboxylic acids is 2. The summed E-state index contributed by atoms with van der Waals surface area (Å²) in [5, 5.41) is 0.646. The highest BCUT2D eigenvalue weighted by molar-refractivity contribution is 6.31. The quantitative estimate of drug-likeness (QED) is 0.573. The minimum Gasteiger partial charge on any atom is -0.490 e. The second kappa shape index (κ2) is 11.2. The van der Waals surface area contributed by atoms with Crippen molar-refractivity contribution in [2.75, 3.05) is 59.7 Å². The van der Waals surface area contributed by atoms with E-state index in [1.807, 2.05) is 13.0 Å². The normalized spacial score (nSPS) is 20.4. The van der Waals surface area contributed by atoms with E-state index in [1.54, 1.807) is 34.1 Å². The van der Waals surface area contributed by atoms with Gasteiger partial charge in [0.1, 0.15) is 18.0 Å². The van der Waals surface area contributed by atoms with Crippen LogP contribution in [0.2, 0.25) is 5.02 Å². The van der Waals surface area contributed by atoms with Gasteiger partial charge in [-0.2, -0.15) is 0 Å². The minimum atomic E-state index is -1.01. The average Bonchev–Trinajstić information content (AvgIpc) is 2.89. The molecule has 1 aromatic heterocycles. The van der Waals surface area contributed by atoms with Gasteiger partial charge in [0.15, 0.2) is 0 Å². The molecule has 0 radical (unpaired) electrons. The molecule has 2 aliphatic rings. The molecule has 1 atom stereocenters. The molecule has 2 fully saturated rings. The second-order valence-electron chi connectivity index (χ2n) is 8.71. The molecule has 1 aromatic carbocycles. The highest BCUT2D eigenvalue weighted by Gasteiger charge is 2.42. The van der Waals surface area contributed by atoms with E-state index < -0.39 is 5.60 Å². The monoisotopic (exact) mass is 503 g/mol. The molecule has 0 bridgehead atoms. The number of aryl methyl sites for hydroxylation is 1. The maximum atomic E-state index is 13.3. The molecule has 10 heteroatoms. The smallest absolute Gasteiger partial charge is 0.254 e. The third-order valence-electron chi connectivity index (χ3n) is 6.20. The fourth-order valence-corrected chi connectivity index (χ4v) is 4.34. The maximum Gasteiger partial charge on any atom is 0.254 e. The Morgan fingerprint density at radius 1 is 1.11 bits per heavy atom. The van der Waals surface area contributed by atoms with Crippen LogP contribution in [0, 0.1) is 6.92 Å². The predicted octanol–water partition coefficient (Wildman–Crippen LogP) is 2.59. The number of halogens is 1. The Labute approximate surface area is 209 Å².